The molecular weight excluding hydrogens is 384 g/mol. The van der Waals surface area contributed by atoms with Gasteiger partial charge in [-0.3, -0.25) is 19.9 Å². The number of amidine groups is 1. The molecule has 9 heteroatoms. The van der Waals surface area contributed by atoms with Crippen molar-refractivity contribution in [2.45, 2.75) is 32.1 Å². The van der Waals surface area contributed by atoms with Crippen LogP contribution < -0.4 is 10.6 Å². The largest absolute Gasteiger partial charge is 0.335 e. The molecule has 27 heavy (non-hydrogen) atoms. The van der Waals surface area contributed by atoms with E-state index in [1.807, 2.05) is 6.92 Å². The summed E-state index contributed by atoms with van der Waals surface area (Å²) in [5, 5.41) is 17.8. The number of non-ortho nitro benzene ring substituents is 1. The van der Waals surface area contributed by atoms with Gasteiger partial charge in [-0.2, -0.15) is 0 Å². The fourth-order valence-corrected chi connectivity index (χ4v) is 4.69. The van der Waals surface area contributed by atoms with Gasteiger partial charge in [0, 0.05) is 34.7 Å². The van der Waals surface area contributed by atoms with Crippen molar-refractivity contribution >= 4 is 51.2 Å². The van der Waals surface area contributed by atoms with E-state index in [9.17, 15) is 14.9 Å². The second-order valence-electron chi connectivity index (χ2n) is 5.92. The lowest BCUT2D eigenvalue weighted by Crippen LogP contribution is -2.19. The lowest BCUT2D eigenvalue weighted by molar-refractivity contribution is -0.384. The van der Waals surface area contributed by atoms with Crippen LogP contribution in [-0.4, -0.2) is 22.4 Å². The summed E-state index contributed by atoms with van der Waals surface area (Å²) in [6.45, 7) is 4.17. The first-order valence-corrected chi connectivity index (χ1v) is 10.5. The molecule has 2 aromatic rings. The van der Waals surface area contributed by atoms with Crippen LogP contribution in [0.25, 0.3) is 0 Å². The van der Waals surface area contributed by atoms with Gasteiger partial charge in [0.05, 0.1) is 10.7 Å². The Balaban J connectivity index is 1.63. The molecule has 142 valence electrons. The summed E-state index contributed by atoms with van der Waals surface area (Å²) in [6.07, 6.45) is 1.78. The number of amides is 1. The molecule has 2 heterocycles. The molecule has 1 aromatic heterocycles. The number of nitro groups is 1. The van der Waals surface area contributed by atoms with Crippen LogP contribution in [0.15, 0.2) is 35.3 Å². The van der Waals surface area contributed by atoms with Crippen molar-refractivity contribution in [2.24, 2.45) is 4.99 Å². The van der Waals surface area contributed by atoms with Gasteiger partial charge in [-0.05, 0) is 24.6 Å². The van der Waals surface area contributed by atoms with Gasteiger partial charge in [0.25, 0.3) is 5.69 Å². The molecule has 0 spiro atoms. The van der Waals surface area contributed by atoms with Crippen molar-refractivity contribution in [3.63, 3.8) is 0 Å². The van der Waals surface area contributed by atoms with Crippen LogP contribution in [-0.2, 0) is 11.2 Å². The minimum atomic E-state index is -0.467. The highest BCUT2D eigenvalue weighted by Gasteiger charge is 2.24. The smallest absolute Gasteiger partial charge is 0.269 e. The second kappa shape index (κ2) is 8.53. The number of thiophene rings is 1. The molecule has 1 aliphatic rings. The number of hydrogen-bond acceptors (Lipinski definition) is 7. The third-order valence-electron chi connectivity index (χ3n) is 4.03. The number of thioether (sulfide) groups is 1. The van der Waals surface area contributed by atoms with Crippen molar-refractivity contribution in [3.8, 4) is 0 Å². The Bertz CT molecular complexity index is 877. The monoisotopic (exact) mass is 404 g/mol. The van der Waals surface area contributed by atoms with Crippen LogP contribution in [0.3, 0.4) is 0 Å². The highest BCUT2D eigenvalue weighted by Crippen LogP contribution is 2.43. The molecule has 1 atom stereocenters. The van der Waals surface area contributed by atoms with Gasteiger partial charge in [0.2, 0.25) is 5.91 Å². The van der Waals surface area contributed by atoms with E-state index in [2.05, 4.69) is 23.6 Å². The van der Waals surface area contributed by atoms with Crippen molar-refractivity contribution in [3.05, 3.63) is 50.9 Å². The molecule has 0 bridgehead atoms. The van der Waals surface area contributed by atoms with Crippen LogP contribution in [0.4, 0.5) is 16.4 Å². The molecule has 0 radical (unpaired) electrons. The van der Waals surface area contributed by atoms with Gasteiger partial charge < -0.3 is 10.6 Å². The van der Waals surface area contributed by atoms with E-state index in [1.54, 1.807) is 11.3 Å². The van der Waals surface area contributed by atoms with Crippen LogP contribution in [0.1, 0.15) is 36.1 Å². The van der Waals surface area contributed by atoms with Gasteiger partial charge in [-0.25, -0.2) is 0 Å². The summed E-state index contributed by atoms with van der Waals surface area (Å²) in [5.41, 5.74) is 1.66. The Morgan fingerprint density at radius 3 is 2.70 bits per heavy atom. The molecular formula is C18H20N4O3S2. The molecule has 3 rings (SSSR count). The maximum absolute atomic E-state index is 12.3. The number of aryl methyl sites for hydroxylation is 1. The van der Waals surface area contributed by atoms with E-state index < -0.39 is 4.92 Å². The quantitative estimate of drug-likeness (QED) is 0.509. The molecule has 0 saturated carbocycles. The van der Waals surface area contributed by atoms with Crippen LogP contribution in [0.5, 0.6) is 0 Å². The Labute approximate surface area is 165 Å². The topological polar surface area (TPSA) is 96.6 Å². The van der Waals surface area contributed by atoms with E-state index in [4.69, 9.17) is 4.99 Å². The van der Waals surface area contributed by atoms with Crippen molar-refractivity contribution in [1.29, 1.82) is 0 Å². The van der Waals surface area contributed by atoms with Gasteiger partial charge in [0.1, 0.15) is 16.2 Å². The summed E-state index contributed by atoms with van der Waals surface area (Å²) in [4.78, 5) is 28.5. The highest BCUT2D eigenvalue weighted by molar-refractivity contribution is 8.00. The molecule has 1 aliphatic heterocycles. The number of nitrogens with one attached hydrogen (secondary N) is 2. The first-order valence-electron chi connectivity index (χ1n) is 8.62. The number of carbonyl (C=O) groups excluding carboxylic acids is 1. The standard InChI is InChI=1S/C18H20N4O3S2/c1-3-13-9-14-17(20-15(4-2)21-18(14)27-13)26-10-16(23)19-11-5-7-12(8-6-11)22(24)25/h5-9,17H,3-4,10H2,1-2H3,(H,19,23)(H,20,21). The first kappa shape index (κ1) is 19.4. The number of benzene rings is 1. The highest BCUT2D eigenvalue weighted by atomic mass is 32.2. The molecule has 1 unspecified atom stereocenters. The van der Waals surface area contributed by atoms with Gasteiger partial charge in [-0.1, -0.05) is 13.8 Å². The molecule has 0 saturated heterocycles. The summed E-state index contributed by atoms with van der Waals surface area (Å²) in [5.74, 6) is 1.02. The third kappa shape index (κ3) is 4.67. The Hall–Kier alpha value is -2.39. The molecule has 1 aromatic carbocycles. The maximum Gasteiger partial charge on any atom is 0.269 e. The predicted octanol–water partition coefficient (Wildman–Crippen LogP) is 4.82. The van der Waals surface area contributed by atoms with E-state index in [0.717, 1.165) is 29.2 Å². The summed E-state index contributed by atoms with van der Waals surface area (Å²) in [6, 6.07) is 7.97. The molecule has 0 aliphatic carbocycles. The van der Waals surface area contributed by atoms with Crippen molar-refractivity contribution in [1.82, 2.24) is 0 Å². The average molecular weight is 405 g/mol. The Kier molecular flexibility index (Phi) is 6.12. The van der Waals surface area contributed by atoms with Crippen molar-refractivity contribution < 1.29 is 9.72 Å². The van der Waals surface area contributed by atoms with Gasteiger partial charge >= 0.3 is 0 Å². The molecule has 0 fully saturated rings. The number of hydrogen-bond donors (Lipinski definition) is 2. The lowest BCUT2D eigenvalue weighted by Gasteiger charge is -2.21. The predicted molar refractivity (Wildman–Crippen MR) is 112 cm³/mol. The van der Waals surface area contributed by atoms with E-state index in [-0.39, 0.29) is 22.7 Å². The summed E-state index contributed by atoms with van der Waals surface area (Å²) in [7, 11) is 0. The van der Waals surface area contributed by atoms with E-state index in [0.29, 0.717) is 5.69 Å². The normalized spacial score (nSPS) is 15.5. The van der Waals surface area contributed by atoms with Crippen molar-refractivity contribution in [2.75, 3.05) is 16.4 Å². The van der Waals surface area contributed by atoms with Crippen LogP contribution in [0.2, 0.25) is 0 Å². The summed E-state index contributed by atoms with van der Waals surface area (Å²) < 4.78 is 0. The van der Waals surface area contributed by atoms with Gasteiger partial charge in [0.15, 0.2) is 0 Å². The van der Waals surface area contributed by atoms with Crippen LogP contribution >= 0.6 is 23.1 Å². The van der Waals surface area contributed by atoms with E-state index >= 15 is 0 Å². The number of anilines is 2. The molecule has 7 nitrogen and oxygen atoms in total. The second-order valence-corrected chi connectivity index (χ2v) is 8.13. The number of nitro benzene ring substituents is 1. The third-order valence-corrected chi connectivity index (χ3v) is 6.34. The number of rotatable bonds is 7. The number of aliphatic imine (C=N–C) groups is 1. The molecule has 2 N–H and O–H groups in total. The fraction of sp³-hybridized carbons (Fsp3) is 0.333. The summed E-state index contributed by atoms with van der Waals surface area (Å²) >= 11 is 3.22. The number of nitrogens with zero attached hydrogens (tertiary/aromatic N) is 2. The Morgan fingerprint density at radius 1 is 1.33 bits per heavy atom. The zero-order valence-corrected chi connectivity index (χ0v) is 16.7. The first-order chi connectivity index (χ1) is 13.0. The zero-order chi connectivity index (χ0) is 19.4. The fourth-order valence-electron chi connectivity index (χ4n) is 2.61. The average Bonchev–Trinajstić information content (AvgIpc) is 3.09. The van der Waals surface area contributed by atoms with E-state index in [1.165, 1.54) is 40.9 Å². The number of fused-ring (bicyclic) bond motifs is 1. The Morgan fingerprint density at radius 2 is 2.07 bits per heavy atom. The molecule has 1 amide bonds. The SMILES string of the molecule is CCC1=NC(SCC(=O)Nc2ccc([N+](=O)[O-])cc2)c2cc(CC)sc2N1. The number of carbonyl (C=O) groups is 1. The lowest BCUT2D eigenvalue weighted by atomic mass is 10.2. The van der Waals surface area contributed by atoms with Crippen LogP contribution in [0, 0.1) is 10.1 Å². The minimum absolute atomic E-state index is 0.00442. The van der Waals surface area contributed by atoms with Gasteiger partial charge in [-0.15, -0.1) is 23.1 Å². The zero-order valence-electron chi connectivity index (χ0n) is 15.0. The maximum atomic E-state index is 12.3. The minimum Gasteiger partial charge on any atom is -0.335 e.